The van der Waals surface area contributed by atoms with Crippen LogP contribution in [0.2, 0.25) is 0 Å². The topological polar surface area (TPSA) is 104 Å². The second-order valence-corrected chi connectivity index (χ2v) is 6.23. The van der Waals surface area contributed by atoms with E-state index in [1.54, 1.807) is 12.1 Å². The number of aliphatic hydroxyl groups is 1. The van der Waals surface area contributed by atoms with E-state index in [4.69, 9.17) is 10.2 Å². The van der Waals surface area contributed by atoms with E-state index in [1.807, 2.05) is 11.6 Å². The Balaban J connectivity index is 2.90. The van der Waals surface area contributed by atoms with Gasteiger partial charge in [-0.25, -0.2) is 17.9 Å². The molecule has 0 aliphatic carbocycles. The van der Waals surface area contributed by atoms with Crippen LogP contribution < -0.4 is 4.72 Å². The molecule has 1 rings (SSSR count). The van der Waals surface area contributed by atoms with Crippen LogP contribution in [0.5, 0.6) is 0 Å². The smallest absolute Gasteiger partial charge is 0.333 e. The van der Waals surface area contributed by atoms with Gasteiger partial charge in [0.05, 0.1) is 4.90 Å². The van der Waals surface area contributed by atoms with Crippen molar-refractivity contribution in [2.45, 2.75) is 17.9 Å². The van der Waals surface area contributed by atoms with E-state index < -0.39 is 28.6 Å². The Hall–Kier alpha value is -0.960. The van der Waals surface area contributed by atoms with Crippen molar-refractivity contribution in [3.63, 3.8) is 0 Å². The summed E-state index contributed by atoms with van der Waals surface area (Å²) in [5.41, 5.74) is 0.881. The summed E-state index contributed by atoms with van der Waals surface area (Å²) in [6.45, 7) is 1.22. The number of sulfonamides is 1. The van der Waals surface area contributed by atoms with Gasteiger partial charge in [0.15, 0.2) is 6.10 Å². The van der Waals surface area contributed by atoms with E-state index in [9.17, 15) is 13.2 Å². The maximum atomic E-state index is 11.8. The minimum atomic E-state index is -3.86. The molecule has 0 fully saturated rings. The molecule has 0 aliphatic heterocycles. The lowest BCUT2D eigenvalue weighted by Crippen LogP contribution is -2.36. The van der Waals surface area contributed by atoms with Crippen LogP contribution in [-0.4, -0.2) is 37.2 Å². The van der Waals surface area contributed by atoms with Crippen LogP contribution in [0.15, 0.2) is 27.6 Å². The average molecular weight is 338 g/mol. The van der Waals surface area contributed by atoms with Gasteiger partial charge < -0.3 is 10.2 Å². The highest BCUT2D eigenvalue weighted by Gasteiger charge is 2.21. The molecule has 18 heavy (non-hydrogen) atoms. The number of carboxylic acid groups (broad SMARTS) is 1. The highest BCUT2D eigenvalue weighted by atomic mass is 79.9. The van der Waals surface area contributed by atoms with Crippen LogP contribution in [0.3, 0.4) is 0 Å². The molecule has 0 heterocycles. The fourth-order valence-corrected chi connectivity index (χ4v) is 3.41. The predicted octanol–water partition coefficient (Wildman–Crippen LogP) is 0.481. The van der Waals surface area contributed by atoms with Crippen molar-refractivity contribution in [2.75, 3.05) is 6.54 Å². The lowest BCUT2D eigenvalue weighted by Gasteiger charge is -2.10. The second kappa shape index (κ2) is 5.79. The standard InChI is InChI=1S/C10H12BrNO5S/c1-6-2-3-9(7(11)4-6)18(16,17)12-5-8(13)10(14)15/h2-4,8,12-13H,5H2,1H3,(H,14,15)/t8-/m0/s1. The molecule has 0 aliphatic rings. The number of aliphatic carboxylic acids is 1. The van der Waals surface area contributed by atoms with Crippen LogP contribution in [0.25, 0.3) is 0 Å². The first-order chi connectivity index (χ1) is 8.24. The molecule has 0 saturated heterocycles. The molecule has 6 nitrogen and oxygen atoms in total. The normalized spacial score (nSPS) is 13.3. The highest BCUT2D eigenvalue weighted by molar-refractivity contribution is 9.10. The SMILES string of the molecule is Cc1ccc(S(=O)(=O)NC[C@H](O)C(=O)O)c(Br)c1. The van der Waals surface area contributed by atoms with Gasteiger partial charge in [-0.1, -0.05) is 6.07 Å². The third-order valence-electron chi connectivity index (χ3n) is 2.13. The van der Waals surface area contributed by atoms with Gasteiger partial charge in [0, 0.05) is 11.0 Å². The largest absolute Gasteiger partial charge is 0.479 e. The van der Waals surface area contributed by atoms with Crippen LogP contribution >= 0.6 is 15.9 Å². The Morgan fingerprint density at radius 1 is 1.50 bits per heavy atom. The summed E-state index contributed by atoms with van der Waals surface area (Å²) >= 11 is 3.12. The molecule has 0 amide bonds. The second-order valence-electron chi connectivity index (χ2n) is 3.64. The summed E-state index contributed by atoms with van der Waals surface area (Å²) in [6, 6.07) is 4.64. The number of hydrogen-bond acceptors (Lipinski definition) is 4. The van der Waals surface area contributed by atoms with Crippen molar-refractivity contribution in [3.8, 4) is 0 Å². The van der Waals surface area contributed by atoms with Gasteiger partial charge in [0.2, 0.25) is 10.0 Å². The van der Waals surface area contributed by atoms with Crippen molar-refractivity contribution in [1.82, 2.24) is 4.72 Å². The molecule has 0 aromatic heterocycles. The fraction of sp³-hybridized carbons (Fsp3) is 0.300. The van der Waals surface area contributed by atoms with Crippen LogP contribution in [0.4, 0.5) is 0 Å². The number of halogens is 1. The third-order valence-corrected chi connectivity index (χ3v) is 4.53. The zero-order valence-corrected chi connectivity index (χ0v) is 11.8. The number of nitrogens with one attached hydrogen (secondary N) is 1. The molecule has 1 aromatic rings. The number of benzene rings is 1. The van der Waals surface area contributed by atoms with Crippen molar-refractivity contribution < 1.29 is 23.4 Å². The van der Waals surface area contributed by atoms with Crippen LogP contribution in [0, 0.1) is 6.92 Å². The number of rotatable bonds is 5. The molecule has 0 saturated carbocycles. The average Bonchev–Trinajstić information content (AvgIpc) is 2.25. The van der Waals surface area contributed by atoms with E-state index in [1.165, 1.54) is 6.07 Å². The Morgan fingerprint density at radius 3 is 2.61 bits per heavy atom. The summed E-state index contributed by atoms with van der Waals surface area (Å²) in [4.78, 5) is 10.4. The van der Waals surface area contributed by atoms with Gasteiger partial charge in [0.1, 0.15) is 0 Å². The number of aliphatic hydroxyl groups excluding tert-OH is 1. The van der Waals surface area contributed by atoms with Crippen molar-refractivity contribution in [3.05, 3.63) is 28.2 Å². The van der Waals surface area contributed by atoms with Crippen molar-refractivity contribution in [1.29, 1.82) is 0 Å². The van der Waals surface area contributed by atoms with Crippen molar-refractivity contribution >= 4 is 31.9 Å². The lowest BCUT2D eigenvalue weighted by atomic mass is 10.2. The summed E-state index contributed by atoms with van der Waals surface area (Å²) < 4.78 is 26.1. The minimum Gasteiger partial charge on any atom is -0.479 e. The first-order valence-corrected chi connectivity index (χ1v) is 7.18. The molecule has 0 radical (unpaired) electrons. The first-order valence-electron chi connectivity index (χ1n) is 4.91. The van der Waals surface area contributed by atoms with Crippen molar-refractivity contribution in [2.24, 2.45) is 0 Å². The minimum absolute atomic E-state index is 0.00862. The fourth-order valence-electron chi connectivity index (χ4n) is 1.18. The lowest BCUT2D eigenvalue weighted by molar-refractivity contribution is -0.146. The Bertz CT molecular complexity index is 557. The van der Waals surface area contributed by atoms with Gasteiger partial charge in [0.25, 0.3) is 0 Å². The van der Waals surface area contributed by atoms with Crippen LogP contribution in [-0.2, 0) is 14.8 Å². The summed E-state index contributed by atoms with van der Waals surface area (Å²) in [7, 11) is -3.86. The van der Waals surface area contributed by atoms with E-state index in [0.717, 1.165) is 5.56 Å². The molecule has 0 unspecified atom stereocenters. The summed E-state index contributed by atoms with van der Waals surface area (Å²) in [5.74, 6) is -1.49. The van der Waals surface area contributed by atoms with E-state index in [-0.39, 0.29) is 4.90 Å². The van der Waals surface area contributed by atoms with E-state index >= 15 is 0 Å². The molecular weight excluding hydrogens is 326 g/mol. The summed E-state index contributed by atoms with van der Waals surface area (Å²) in [6.07, 6.45) is -1.77. The quantitative estimate of drug-likeness (QED) is 0.725. The summed E-state index contributed by atoms with van der Waals surface area (Å²) in [5, 5.41) is 17.5. The molecule has 0 spiro atoms. The van der Waals surface area contributed by atoms with Gasteiger partial charge in [-0.05, 0) is 40.5 Å². The maximum Gasteiger partial charge on any atom is 0.333 e. The zero-order chi connectivity index (χ0) is 13.9. The van der Waals surface area contributed by atoms with Crippen LogP contribution in [0.1, 0.15) is 5.56 Å². The zero-order valence-electron chi connectivity index (χ0n) is 9.42. The highest BCUT2D eigenvalue weighted by Crippen LogP contribution is 2.22. The Morgan fingerprint density at radius 2 is 2.11 bits per heavy atom. The number of aryl methyl sites for hydroxylation is 1. The monoisotopic (exact) mass is 337 g/mol. The van der Waals surface area contributed by atoms with Gasteiger partial charge in [-0.2, -0.15) is 0 Å². The molecular formula is C10H12BrNO5S. The maximum absolute atomic E-state index is 11.8. The first kappa shape index (κ1) is 15.1. The Labute approximate surface area is 113 Å². The molecule has 8 heteroatoms. The van der Waals surface area contributed by atoms with Gasteiger partial charge in [-0.3, -0.25) is 0 Å². The van der Waals surface area contributed by atoms with Gasteiger partial charge in [-0.15, -0.1) is 0 Å². The third kappa shape index (κ3) is 3.77. The molecule has 1 atom stereocenters. The predicted molar refractivity (Wildman–Crippen MR) is 67.7 cm³/mol. The molecule has 0 bridgehead atoms. The number of hydrogen-bond donors (Lipinski definition) is 3. The van der Waals surface area contributed by atoms with E-state index in [2.05, 4.69) is 15.9 Å². The van der Waals surface area contributed by atoms with Gasteiger partial charge >= 0.3 is 5.97 Å². The number of carbonyl (C=O) groups is 1. The molecule has 1 aromatic carbocycles. The Kier molecular flexibility index (Phi) is 4.85. The molecule has 100 valence electrons. The molecule has 3 N–H and O–H groups in total. The number of carboxylic acids is 1. The van der Waals surface area contributed by atoms with E-state index in [0.29, 0.717) is 4.47 Å².